The Hall–Kier alpha value is -1.46. The van der Waals surface area contributed by atoms with Crippen LogP contribution in [0.3, 0.4) is 0 Å². The van der Waals surface area contributed by atoms with Crippen LogP contribution in [0.4, 0.5) is 0 Å². The Balaban J connectivity index is 1.79. The number of ether oxygens (including phenoxy) is 4. The van der Waals surface area contributed by atoms with Gasteiger partial charge < -0.3 is 54.9 Å². The second-order valence-electron chi connectivity index (χ2n) is 9.75. The van der Waals surface area contributed by atoms with Gasteiger partial charge in [0.05, 0.1) is 19.3 Å². The minimum absolute atomic E-state index is 0.128. The molecule has 1 amide bonds. The van der Waals surface area contributed by atoms with Gasteiger partial charge in [-0.2, -0.15) is 0 Å². The molecule has 0 aliphatic carbocycles. The molecule has 15 nitrogen and oxygen atoms in total. The van der Waals surface area contributed by atoms with Crippen molar-refractivity contribution in [3.63, 3.8) is 0 Å². The first kappa shape index (κ1) is 32.8. The number of rotatable bonds is 15. The number of aliphatic hydroxyl groups excluding tert-OH is 6. The van der Waals surface area contributed by atoms with Crippen molar-refractivity contribution in [2.75, 3.05) is 19.8 Å². The van der Waals surface area contributed by atoms with E-state index in [1.165, 1.54) is 6.92 Å². The van der Waals surface area contributed by atoms with Crippen LogP contribution < -0.4 is 5.32 Å². The van der Waals surface area contributed by atoms with Gasteiger partial charge in [0.25, 0.3) is 0 Å². The van der Waals surface area contributed by atoms with Gasteiger partial charge in [0.2, 0.25) is 5.91 Å². The Morgan fingerprint density at radius 3 is 2.39 bits per heavy atom. The van der Waals surface area contributed by atoms with Crippen molar-refractivity contribution in [3.8, 4) is 0 Å². The maximum absolute atomic E-state index is 11.2. The molecule has 2 fully saturated rings. The van der Waals surface area contributed by atoms with Gasteiger partial charge in [0.15, 0.2) is 12.6 Å². The van der Waals surface area contributed by atoms with E-state index < -0.39 is 73.9 Å². The summed E-state index contributed by atoms with van der Waals surface area (Å²) in [5.41, 5.74) is 8.21. The van der Waals surface area contributed by atoms with Gasteiger partial charge in [-0.15, -0.1) is 0 Å². The molecule has 15 heteroatoms. The van der Waals surface area contributed by atoms with E-state index in [4.69, 9.17) is 24.5 Å². The lowest BCUT2D eigenvalue weighted by Gasteiger charge is -2.45. The molecular weight excluding hydrogens is 508 g/mol. The maximum Gasteiger partial charge on any atom is 0.218 e. The summed E-state index contributed by atoms with van der Waals surface area (Å²) >= 11 is 0. The fraction of sp³-hybridized carbons (Fsp3) is 0.957. The smallest absolute Gasteiger partial charge is 0.218 e. The van der Waals surface area contributed by atoms with Gasteiger partial charge in [-0.25, -0.2) is 0 Å². The van der Waals surface area contributed by atoms with Crippen molar-refractivity contribution in [2.45, 2.75) is 120 Å². The highest BCUT2D eigenvalue weighted by molar-refractivity contribution is 5.76. The summed E-state index contributed by atoms with van der Waals surface area (Å²) in [6.07, 6.45) is -9.04. The van der Waals surface area contributed by atoms with E-state index in [1.807, 2.05) is 6.92 Å². The van der Waals surface area contributed by atoms with E-state index in [2.05, 4.69) is 15.3 Å². The van der Waals surface area contributed by atoms with E-state index in [1.54, 1.807) is 0 Å². The number of amides is 1. The van der Waals surface area contributed by atoms with E-state index in [0.717, 1.165) is 25.7 Å². The van der Waals surface area contributed by atoms with Crippen LogP contribution in [0.2, 0.25) is 0 Å². The molecule has 0 aromatic heterocycles. The Bertz CT molecular complexity index is 759. The molecule has 7 N–H and O–H groups in total. The first-order valence-electron chi connectivity index (χ1n) is 13.0. The molecule has 0 aromatic carbocycles. The minimum Gasteiger partial charge on any atom is -0.394 e. The summed E-state index contributed by atoms with van der Waals surface area (Å²) in [5, 5.41) is 66.9. The second kappa shape index (κ2) is 16.6. The standard InChI is InChI=1S/C23H42N4O11/c1-12(7-5-3-4-6-8-15(29)26-27-24)25-9-10-35-23-21(19(33)17(31)14(11-28)37-23)38-22-20(34)18(32)16(30)13(2)36-22/h12-14,16-23,25,28,30-34H,3-11H2,1-2H3/t12?,13-,14+,16+,17-,18+,19-,20-,21+,22-,23+/m0/s1. The third-order valence-corrected chi connectivity index (χ3v) is 6.74. The molecule has 2 heterocycles. The normalized spacial score (nSPS) is 36.4. The highest BCUT2D eigenvalue weighted by atomic mass is 16.8. The molecule has 1 unspecified atom stereocenters. The number of nitrogens with zero attached hydrogens (tertiary/aromatic N) is 3. The number of nitrogens with one attached hydrogen (secondary N) is 1. The van der Waals surface area contributed by atoms with Crippen molar-refractivity contribution >= 4 is 5.91 Å². The Kier molecular flexibility index (Phi) is 14.3. The molecule has 0 aromatic rings. The van der Waals surface area contributed by atoms with Crippen molar-refractivity contribution in [2.24, 2.45) is 5.11 Å². The molecule has 2 aliphatic heterocycles. The van der Waals surface area contributed by atoms with E-state index in [-0.39, 0.29) is 19.1 Å². The summed E-state index contributed by atoms with van der Waals surface area (Å²) in [4.78, 5) is 13.6. The molecule has 2 rings (SSSR count). The molecule has 0 radical (unpaired) electrons. The summed E-state index contributed by atoms with van der Waals surface area (Å²) in [6.45, 7) is 3.46. The second-order valence-corrected chi connectivity index (χ2v) is 9.75. The average Bonchev–Trinajstić information content (AvgIpc) is 2.89. The fourth-order valence-electron chi connectivity index (χ4n) is 4.38. The molecule has 2 saturated heterocycles. The lowest BCUT2D eigenvalue weighted by atomic mass is 9.97. The van der Waals surface area contributed by atoms with Crippen LogP contribution in [0.1, 0.15) is 52.4 Å². The number of aliphatic hydroxyl groups is 6. The number of azide groups is 1. The molecule has 38 heavy (non-hydrogen) atoms. The van der Waals surface area contributed by atoms with Crippen LogP contribution in [0, 0.1) is 0 Å². The van der Waals surface area contributed by atoms with Crippen molar-refractivity contribution in [1.82, 2.24) is 5.32 Å². The molecule has 0 saturated carbocycles. The Labute approximate surface area is 221 Å². The van der Waals surface area contributed by atoms with E-state index in [0.29, 0.717) is 13.0 Å². The first-order chi connectivity index (χ1) is 18.1. The van der Waals surface area contributed by atoms with Gasteiger partial charge in [-0.1, -0.05) is 19.3 Å². The zero-order valence-electron chi connectivity index (χ0n) is 21.8. The summed E-state index contributed by atoms with van der Waals surface area (Å²) in [5.74, 6) is -0.446. The SMILES string of the molecule is CC(CCCCCCC(=O)N=[N+]=[N-])NCCO[C@@H]1O[C@H](CO)[C@H](O)[C@H](O)[C@H]1O[C@@H]1O[C@@H](C)[C@@H](O)[C@@H](O)[C@@H]1O. The average molecular weight is 551 g/mol. The number of carbonyl (C=O) groups is 1. The van der Waals surface area contributed by atoms with Crippen LogP contribution in [-0.4, -0.2) is 124 Å². The number of hydrogen-bond acceptors (Lipinski definition) is 12. The topological polar surface area (TPSA) is 236 Å². The van der Waals surface area contributed by atoms with Crippen molar-refractivity contribution in [1.29, 1.82) is 0 Å². The number of carbonyl (C=O) groups excluding carboxylic acids is 1. The summed E-state index contributed by atoms with van der Waals surface area (Å²) < 4.78 is 22.4. The highest BCUT2D eigenvalue weighted by Crippen LogP contribution is 2.29. The lowest BCUT2D eigenvalue weighted by Crippen LogP contribution is -2.64. The third-order valence-electron chi connectivity index (χ3n) is 6.74. The molecule has 2 aliphatic rings. The molecule has 0 bridgehead atoms. The monoisotopic (exact) mass is 550 g/mol. The van der Waals surface area contributed by atoms with E-state index >= 15 is 0 Å². The lowest BCUT2D eigenvalue weighted by molar-refractivity contribution is -0.364. The van der Waals surface area contributed by atoms with Crippen LogP contribution >= 0.6 is 0 Å². The number of hydrogen-bond donors (Lipinski definition) is 7. The van der Waals surface area contributed by atoms with E-state index in [9.17, 15) is 35.4 Å². The predicted octanol–water partition coefficient (Wildman–Crippen LogP) is -1.19. The fourth-order valence-corrected chi connectivity index (χ4v) is 4.38. The predicted molar refractivity (Wildman–Crippen MR) is 130 cm³/mol. The van der Waals surface area contributed by atoms with Crippen LogP contribution in [0.15, 0.2) is 5.11 Å². The summed E-state index contributed by atoms with van der Waals surface area (Å²) in [6, 6.07) is 0.167. The molecule has 11 atom stereocenters. The zero-order valence-corrected chi connectivity index (χ0v) is 21.8. The molecule has 220 valence electrons. The van der Waals surface area contributed by atoms with Crippen molar-refractivity contribution in [3.05, 3.63) is 10.4 Å². The largest absolute Gasteiger partial charge is 0.394 e. The minimum atomic E-state index is -1.63. The van der Waals surface area contributed by atoms with Gasteiger partial charge in [0.1, 0.15) is 42.7 Å². The Morgan fingerprint density at radius 2 is 1.71 bits per heavy atom. The van der Waals surface area contributed by atoms with Gasteiger partial charge in [-0.05, 0) is 37.3 Å². The van der Waals surface area contributed by atoms with Gasteiger partial charge in [0, 0.05) is 23.9 Å². The summed E-state index contributed by atoms with van der Waals surface area (Å²) in [7, 11) is 0. The van der Waals surface area contributed by atoms with Crippen molar-refractivity contribution < 1.29 is 54.4 Å². The van der Waals surface area contributed by atoms with Crippen LogP contribution in [0.5, 0.6) is 0 Å². The first-order valence-corrected chi connectivity index (χ1v) is 13.0. The zero-order chi connectivity index (χ0) is 28.2. The van der Waals surface area contributed by atoms with Crippen LogP contribution in [-0.2, 0) is 23.7 Å². The maximum atomic E-state index is 11.2. The quantitative estimate of drug-likeness (QED) is 0.0551. The van der Waals surface area contributed by atoms with Gasteiger partial charge >= 0.3 is 0 Å². The number of unbranched alkanes of at least 4 members (excludes halogenated alkanes) is 3. The molecular formula is C23H42N4O11. The van der Waals surface area contributed by atoms with Crippen LogP contribution in [0.25, 0.3) is 10.4 Å². The highest BCUT2D eigenvalue weighted by Gasteiger charge is 2.50. The Morgan fingerprint density at radius 1 is 1.00 bits per heavy atom. The third kappa shape index (κ3) is 9.62. The van der Waals surface area contributed by atoms with Gasteiger partial charge in [-0.3, -0.25) is 4.79 Å². The molecule has 0 spiro atoms.